The van der Waals surface area contributed by atoms with Crippen molar-refractivity contribution in [2.45, 2.75) is 37.8 Å². The van der Waals surface area contributed by atoms with Gasteiger partial charge in [-0.25, -0.2) is 5.48 Å². The maximum atomic E-state index is 12.3. The summed E-state index contributed by atoms with van der Waals surface area (Å²) in [6.45, 7) is 2.35. The number of carbonyl (C=O) groups excluding carboxylic acids is 1. The van der Waals surface area contributed by atoms with E-state index in [0.29, 0.717) is 24.9 Å². The van der Waals surface area contributed by atoms with Crippen LogP contribution < -0.4 is 5.48 Å². The van der Waals surface area contributed by atoms with Crippen LogP contribution >= 0.6 is 0 Å². The molecule has 84 valence electrons. The number of hydroxylamine groups is 1. The molecule has 1 N–H and O–H groups in total. The molecule has 0 aromatic carbocycles. The second-order valence-corrected chi connectivity index (χ2v) is 5.07. The molecule has 0 aromatic rings. The van der Waals surface area contributed by atoms with E-state index in [1.807, 2.05) is 0 Å². The van der Waals surface area contributed by atoms with Gasteiger partial charge in [0, 0.05) is 13.1 Å². The Labute approximate surface area is 89.9 Å². The number of hydrogen-bond acceptors (Lipinski definition) is 4. The van der Waals surface area contributed by atoms with Gasteiger partial charge in [-0.15, -0.1) is 0 Å². The molecule has 0 bridgehead atoms. The van der Waals surface area contributed by atoms with Crippen LogP contribution in [0.2, 0.25) is 0 Å². The molecule has 15 heavy (non-hydrogen) atoms. The topological polar surface area (TPSA) is 41.6 Å². The van der Waals surface area contributed by atoms with Gasteiger partial charge in [0.1, 0.15) is 5.54 Å². The molecule has 4 aliphatic rings. The fraction of sp³-hybridized carbons (Fsp3) is 0.909. The Bertz CT molecular complexity index is 325. The highest BCUT2D eigenvalue weighted by Crippen LogP contribution is 2.61. The van der Waals surface area contributed by atoms with Crippen LogP contribution in [-0.4, -0.2) is 41.5 Å². The monoisotopic (exact) mass is 210 g/mol. The van der Waals surface area contributed by atoms with Gasteiger partial charge in [-0.2, -0.15) is 0 Å². The van der Waals surface area contributed by atoms with Gasteiger partial charge < -0.3 is 0 Å². The molecule has 3 unspecified atom stereocenters. The summed E-state index contributed by atoms with van der Waals surface area (Å²) in [7, 11) is 0. The molecular formula is C11H18N2O2. The molecule has 2 spiro atoms. The van der Waals surface area contributed by atoms with Crippen molar-refractivity contribution in [3.8, 4) is 0 Å². The van der Waals surface area contributed by atoms with Crippen LogP contribution in [0.15, 0.2) is 0 Å². The molecule has 0 aromatic heterocycles. The number of hydrogen-bond donors (Lipinski definition) is 1. The van der Waals surface area contributed by atoms with Gasteiger partial charge in [0.25, 0.3) is 0 Å². The average Bonchev–Trinajstić information content (AvgIpc) is 2.71. The smallest absolute Gasteiger partial charge is 0.177 e. The van der Waals surface area contributed by atoms with Crippen LogP contribution in [0.5, 0.6) is 0 Å². The Morgan fingerprint density at radius 1 is 1.47 bits per heavy atom. The first-order valence-electron chi connectivity index (χ1n) is 5.48. The SMILES string of the molecule is C.O=C1C2(CNOC2)N2CCC3CCC132. The van der Waals surface area contributed by atoms with Crippen molar-refractivity contribution in [1.82, 2.24) is 10.4 Å². The summed E-state index contributed by atoms with van der Waals surface area (Å²) in [5.41, 5.74) is 2.56. The van der Waals surface area contributed by atoms with E-state index in [9.17, 15) is 4.79 Å². The standard InChI is InChI=1S/C10H14N2O2.CH4/c13-8-9(5-11-14-6-9)12-4-2-7-1-3-10(7,8)12;/h7,11H,1-6H2;1H4. The Morgan fingerprint density at radius 2 is 2.33 bits per heavy atom. The number of nitrogens with one attached hydrogen (secondary N) is 1. The molecule has 1 aliphatic carbocycles. The Morgan fingerprint density at radius 3 is 2.93 bits per heavy atom. The molecule has 1 saturated carbocycles. The minimum Gasteiger partial charge on any atom is -0.299 e. The zero-order valence-electron chi connectivity index (χ0n) is 8.08. The molecule has 4 nitrogen and oxygen atoms in total. The lowest BCUT2D eigenvalue weighted by Gasteiger charge is -2.64. The van der Waals surface area contributed by atoms with E-state index in [-0.39, 0.29) is 18.5 Å². The van der Waals surface area contributed by atoms with Crippen molar-refractivity contribution in [3.63, 3.8) is 0 Å². The largest absolute Gasteiger partial charge is 0.299 e. The first kappa shape index (κ1) is 9.75. The van der Waals surface area contributed by atoms with Crippen LogP contribution in [0, 0.1) is 5.92 Å². The van der Waals surface area contributed by atoms with Gasteiger partial charge in [0.2, 0.25) is 0 Å². The fourth-order valence-electron chi connectivity index (χ4n) is 4.05. The second-order valence-electron chi connectivity index (χ2n) is 5.07. The van der Waals surface area contributed by atoms with E-state index in [2.05, 4.69) is 10.4 Å². The normalized spacial score (nSPS) is 51.7. The van der Waals surface area contributed by atoms with E-state index < -0.39 is 0 Å². The summed E-state index contributed by atoms with van der Waals surface area (Å²) in [5.74, 6) is 1.13. The van der Waals surface area contributed by atoms with Gasteiger partial charge in [0.15, 0.2) is 5.78 Å². The first-order chi connectivity index (χ1) is 6.81. The van der Waals surface area contributed by atoms with E-state index in [1.165, 1.54) is 12.8 Å². The number of nitrogens with zero attached hydrogens (tertiary/aromatic N) is 1. The molecule has 3 saturated heterocycles. The summed E-state index contributed by atoms with van der Waals surface area (Å²) in [6.07, 6.45) is 3.57. The Balaban J connectivity index is 0.000000722. The molecular weight excluding hydrogens is 192 g/mol. The lowest BCUT2D eigenvalue weighted by Crippen LogP contribution is -2.85. The van der Waals surface area contributed by atoms with Crippen molar-refractivity contribution >= 4 is 5.78 Å². The van der Waals surface area contributed by atoms with Crippen molar-refractivity contribution in [3.05, 3.63) is 0 Å². The third-order valence-electron chi connectivity index (χ3n) is 4.84. The summed E-state index contributed by atoms with van der Waals surface area (Å²) in [6, 6.07) is 0. The summed E-state index contributed by atoms with van der Waals surface area (Å²) in [5, 5.41) is 0. The highest BCUT2D eigenvalue weighted by atomic mass is 16.7. The van der Waals surface area contributed by atoms with Crippen LogP contribution in [0.25, 0.3) is 0 Å². The van der Waals surface area contributed by atoms with E-state index >= 15 is 0 Å². The Kier molecular flexibility index (Phi) is 1.70. The highest BCUT2D eigenvalue weighted by Gasteiger charge is 2.77. The number of Topliss-reactive ketones (excluding diaryl/α,β-unsaturated/α-hetero) is 1. The molecule has 4 fully saturated rings. The van der Waals surface area contributed by atoms with Gasteiger partial charge >= 0.3 is 0 Å². The molecule has 0 radical (unpaired) electrons. The zero-order valence-corrected chi connectivity index (χ0v) is 8.08. The van der Waals surface area contributed by atoms with Crippen LogP contribution in [0.1, 0.15) is 26.7 Å². The summed E-state index contributed by atoms with van der Waals surface area (Å²) >= 11 is 0. The van der Waals surface area contributed by atoms with Crippen molar-refractivity contribution < 1.29 is 9.63 Å². The third-order valence-corrected chi connectivity index (χ3v) is 4.84. The molecule has 3 atom stereocenters. The third kappa shape index (κ3) is 0.736. The number of ketones is 1. The number of carbonyl (C=O) groups is 1. The van der Waals surface area contributed by atoms with Crippen LogP contribution in [0.3, 0.4) is 0 Å². The van der Waals surface area contributed by atoms with Gasteiger partial charge in [-0.1, -0.05) is 7.43 Å². The molecule has 0 amide bonds. The van der Waals surface area contributed by atoms with Crippen molar-refractivity contribution in [2.75, 3.05) is 19.7 Å². The van der Waals surface area contributed by atoms with E-state index in [1.54, 1.807) is 0 Å². The lowest BCUT2D eigenvalue weighted by molar-refractivity contribution is -0.187. The van der Waals surface area contributed by atoms with Crippen LogP contribution in [0.4, 0.5) is 0 Å². The quantitative estimate of drug-likeness (QED) is 0.626. The van der Waals surface area contributed by atoms with E-state index in [4.69, 9.17) is 4.84 Å². The maximum Gasteiger partial charge on any atom is 0.177 e. The first-order valence-corrected chi connectivity index (χ1v) is 5.48. The molecule has 3 aliphatic heterocycles. The highest BCUT2D eigenvalue weighted by molar-refractivity contribution is 6.05. The van der Waals surface area contributed by atoms with Gasteiger partial charge in [-0.3, -0.25) is 14.5 Å². The predicted octanol–water partition coefficient (Wildman–Crippen LogP) is 0.333. The van der Waals surface area contributed by atoms with Gasteiger partial charge in [0.05, 0.1) is 12.1 Å². The summed E-state index contributed by atoms with van der Waals surface area (Å²) in [4.78, 5) is 19.9. The lowest BCUT2D eigenvalue weighted by atomic mass is 9.54. The number of rotatable bonds is 0. The summed E-state index contributed by atoms with van der Waals surface area (Å²) < 4.78 is 0. The average molecular weight is 210 g/mol. The Hall–Kier alpha value is -0.450. The minimum absolute atomic E-state index is 0. The maximum absolute atomic E-state index is 12.3. The molecule has 3 heterocycles. The van der Waals surface area contributed by atoms with E-state index in [0.717, 1.165) is 13.0 Å². The number of fused-ring (bicyclic) bond motifs is 1. The fourth-order valence-corrected chi connectivity index (χ4v) is 4.05. The molecule has 4 rings (SSSR count). The molecule has 4 heteroatoms. The minimum atomic E-state index is -0.269. The van der Waals surface area contributed by atoms with Crippen LogP contribution in [-0.2, 0) is 9.63 Å². The predicted molar refractivity (Wildman–Crippen MR) is 55.2 cm³/mol. The second kappa shape index (κ2) is 2.62. The van der Waals surface area contributed by atoms with Gasteiger partial charge in [-0.05, 0) is 25.2 Å². The van der Waals surface area contributed by atoms with Crippen molar-refractivity contribution in [1.29, 1.82) is 0 Å². The van der Waals surface area contributed by atoms with Crippen molar-refractivity contribution in [2.24, 2.45) is 5.92 Å². The zero-order chi connectivity index (χ0) is 9.39.